The van der Waals surface area contributed by atoms with Crippen molar-refractivity contribution in [3.05, 3.63) is 9.67 Å². The third-order valence-corrected chi connectivity index (χ3v) is 22.9. The molecular weight excluding hydrogens is 491 g/mol. The number of esters is 1. The summed E-state index contributed by atoms with van der Waals surface area (Å²) in [6, 6.07) is 0. The van der Waals surface area contributed by atoms with E-state index in [0.717, 1.165) is 25.7 Å². The molecule has 3 atom stereocenters. The van der Waals surface area contributed by atoms with Crippen LogP contribution in [0.2, 0.25) is 13.3 Å². The van der Waals surface area contributed by atoms with Crippen LogP contribution in [-0.2, 0) is 9.53 Å². The number of ether oxygens (including phenoxy) is 1. The van der Waals surface area contributed by atoms with Gasteiger partial charge in [0.1, 0.15) is 0 Å². The zero-order valence-corrected chi connectivity index (χ0v) is 24.1. The minimum atomic E-state index is -2.51. The van der Waals surface area contributed by atoms with Crippen molar-refractivity contribution in [3.63, 3.8) is 0 Å². The van der Waals surface area contributed by atoms with Gasteiger partial charge in [-0.2, -0.15) is 0 Å². The van der Waals surface area contributed by atoms with Crippen LogP contribution in [0.3, 0.4) is 0 Å². The van der Waals surface area contributed by atoms with E-state index in [2.05, 4.69) is 31.8 Å². The molecule has 2 aliphatic rings. The van der Waals surface area contributed by atoms with Crippen molar-refractivity contribution in [1.82, 2.24) is 0 Å². The van der Waals surface area contributed by atoms with Crippen molar-refractivity contribution in [2.45, 2.75) is 131 Å². The van der Waals surface area contributed by atoms with Crippen molar-refractivity contribution in [3.8, 4) is 0 Å². The van der Waals surface area contributed by atoms with Gasteiger partial charge < -0.3 is 0 Å². The van der Waals surface area contributed by atoms with Crippen molar-refractivity contribution >= 4 is 24.3 Å². The Morgan fingerprint density at radius 3 is 2.10 bits per heavy atom. The first kappa shape index (κ1) is 27.2. The average Bonchev–Trinajstić information content (AvgIpc) is 2.95. The molecule has 0 bridgehead atoms. The molecule has 0 unspecified atom stereocenters. The first-order valence-corrected chi connectivity index (χ1v) is 21.1. The van der Waals surface area contributed by atoms with Crippen molar-refractivity contribution in [2.75, 3.05) is 6.61 Å². The Morgan fingerprint density at radius 2 is 1.58 bits per heavy atom. The Bertz CT molecular complexity index is 580. The summed E-state index contributed by atoms with van der Waals surface area (Å²) in [6.45, 7) is 11.6. The second kappa shape index (κ2) is 12.4. The minimum absolute atomic E-state index is 0.0778. The number of carbonyl (C=O) groups excluding carboxylic acids is 1. The number of unbranched alkanes of at least 4 members (excludes halogenated alkanes) is 3. The predicted molar refractivity (Wildman–Crippen MR) is 134 cm³/mol. The quantitative estimate of drug-likeness (QED) is 0.193. The van der Waals surface area contributed by atoms with Crippen LogP contribution in [0, 0.1) is 11.3 Å². The SMILES string of the molecule is CCC[CH2][Sn](/[CH]=C1\C[C@]2(O)CCCC[C@]2(C)[C@H]1CC(=O)OCC)([CH2]CCC)[CH2]CCC. The zero-order chi connectivity index (χ0) is 23.0. The van der Waals surface area contributed by atoms with E-state index in [-0.39, 0.29) is 17.3 Å². The molecule has 2 aliphatic carbocycles. The monoisotopic (exact) mass is 542 g/mol. The summed E-state index contributed by atoms with van der Waals surface area (Å²) in [4.78, 5) is 12.6. The Hall–Kier alpha value is -0.0313. The van der Waals surface area contributed by atoms with Crippen LogP contribution in [-0.4, -0.2) is 41.7 Å². The van der Waals surface area contributed by atoms with Gasteiger partial charge in [0.15, 0.2) is 0 Å². The maximum absolute atomic E-state index is 12.6. The molecule has 0 amide bonds. The molecule has 1 N–H and O–H groups in total. The van der Waals surface area contributed by atoms with Crippen LogP contribution < -0.4 is 0 Å². The topological polar surface area (TPSA) is 46.5 Å². The Labute approximate surface area is 196 Å². The third kappa shape index (κ3) is 6.52. The van der Waals surface area contributed by atoms with Gasteiger partial charge in [-0.3, -0.25) is 0 Å². The van der Waals surface area contributed by atoms with Gasteiger partial charge in [-0.05, 0) is 0 Å². The second-order valence-corrected chi connectivity index (χ2v) is 23.7. The molecule has 180 valence electrons. The predicted octanol–water partition coefficient (Wildman–Crippen LogP) is 7.59. The van der Waals surface area contributed by atoms with E-state index in [1.165, 1.54) is 63.8 Å². The standard InChI is InChI=1S/C15H23O3.3C4H9.Sn/c1-4-18-13(16)9-12-11(2)10-15(17)8-6-5-7-14(12,15)3;3*1-3-4-2;/h2,12,17H,4-10H2,1,3H3;3*1,3-4H2,2H3;/t12-,14+,15+;;;;/m0..../s1. The van der Waals surface area contributed by atoms with Gasteiger partial charge in [-0.1, -0.05) is 0 Å². The summed E-state index contributed by atoms with van der Waals surface area (Å²) in [5.74, 6) is 0.0868. The van der Waals surface area contributed by atoms with E-state index in [1.54, 1.807) is 0 Å². The first-order chi connectivity index (χ1) is 14.8. The normalized spacial score (nSPS) is 29.9. The number of fused-ring (bicyclic) bond motifs is 1. The number of aliphatic hydroxyl groups is 1. The zero-order valence-electron chi connectivity index (χ0n) is 21.2. The van der Waals surface area contributed by atoms with E-state index >= 15 is 0 Å². The van der Waals surface area contributed by atoms with Crippen LogP contribution in [0.15, 0.2) is 9.67 Å². The molecule has 4 heteroatoms. The summed E-state index contributed by atoms with van der Waals surface area (Å²) in [6.07, 6.45) is 13.3. The Balaban J connectivity index is 2.48. The molecule has 2 saturated carbocycles. The molecule has 0 spiro atoms. The van der Waals surface area contributed by atoms with E-state index in [4.69, 9.17) is 4.74 Å². The van der Waals surface area contributed by atoms with Crippen molar-refractivity contribution in [1.29, 1.82) is 0 Å². The van der Waals surface area contributed by atoms with Gasteiger partial charge >= 0.3 is 197 Å². The van der Waals surface area contributed by atoms with Crippen LogP contribution in [0.25, 0.3) is 0 Å². The number of carbonyl (C=O) groups is 1. The van der Waals surface area contributed by atoms with Gasteiger partial charge in [0.25, 0.3) is 0 Å². The van der Waals surface area contributed by atoms with Gasteiger partial charge in [-0.25, -0.2) is 0 Å². The molecular formula is C27H50O3Sn. The van der Waals surface area contributed by atoms with Gasteiger partial charge in [-0.15, -0.1) is 0 Å². The summed E-state index contributed by atoms with van der Waals surface area (Å²) in [5.41, 5.74) is 0.646. The van der Waals surface area contributed by atoms with Gasteiger partial charge in [0, 0.05) is 0 Å². The summed E-state index contributed by atoms with van der Waals surface area (Å²) < 4.78 is 12.5. The van der Waals surface area contributed by atoms with E-state index in [0.29, 0.717) is 13.0 Å². The molecule has 31 heavy (non-hydrogen) atoms. The number of rotatable bonds is 13. The van der Waals surface area contributed by atoms with Gasteiger partial charge in [0.2, 0.25) is 0 Å². The van der Waals surface area contributed by atoms with Crippen LogP contribution >= 0.6 is 0 Å². The third-order valence-electron chi connectivity index (χ3n) is 8.57. The van der Waals surface area contributed by atoms with Gasteiger partial charge in [0.05, 0.1) is 0 Å². The first-order valence-electron chi connectivity index (χ1n) is 13.4. The molecule has 2 fully saturated rings. The molecule has 0 saturated heterocycles. The summed E-state index contributed by atoms with van der Waals surface area (Å²) in [5, 5.41) is 11.8. The molecule has 2 rings (SSSR count). The Kier molecular flexibility index (Phi) is 10.9. The molecule has 0 aliphatic heterocycles. The van der Waals surface area contributed by atoms with Crippen LogP contribution in [0.1, 0.15) is 112 Å². The molecule has 0 aromatic heterocycles. The fraction of sp³-hybridized carbons (Fsp3) is 0.889. The summed E-state index contributed by atoms with van der Waals surface area (Å²) in [7, 11) is 0. The molecule has 0 aromatic rings. The van der Waals surface area contributed by atoms with Crippen molar-refractivity contribution < 1.29 is 14.6 Å². The fourth-order valence-electron chi connectivity index (χ4n) is 6.55. The molecule has 0 aromatic carbocycles. The molecule has 0 radical (unpaired) electrons. The van der Waals surface area contributed by atoms with E-state index in [1.807, 2.05) is 6.92 Å². The van der Waals surface area contributed by atoms with E-state index in [9.17, 15) is 9.90 Å². The molecule has 0 heterocycles. The molecule has 3 nitrogen and oxygen atoms in total. The Morgan fingerprint density at radius 1 is 1.03 bits per heavy atom. The number of hydrogen-bond acceptors (Lipinski definition) is 3. The average molecular weight is 541 g/mol. The van der Waals surface area contributed by atoms with E-state index < -0.39 is 24.0 Å². The maximum atomic E-state index is 12.6. The second-order valence-electron chi connectivity index (χ2n) is 10.8. The summed E-state index contributed by atoms with van der Waals surface area (Å²) >= 11 is -2.51. The van der Waals surface area contributed by atoms with Crippen LogP contribution in [0.4, 0.5) is 0 Å². The van der Waals surface area contributed by atoms with Crippen molar-refractivity contribution in [2.24, 2.45) is 11.3 Å². The number of hydrogen-bond donors (Lipinski definition) is 1. The fourth-order valence-corrected chi connectivity index (χ4v) is 22.1. The van der Waals surface area contributed by atoms with Crippen LogP contribution in [0.5, 0.6) is 0 Å².